The van der Waals surface area contributed by atoms with Crippen LogP contribution in [0.5, 0.6) is 0 Å². The van der Waals surface area contributed by atoms with E-state index in [9.17, 15) is 0 Å². The first-order valence-electron chi connectivity index (χ1n) is 6.54. The summed E-state index contributed by atoms with van der Waals surface area (Å²) in [6.45, 7) is 5.29. The van der Waals surface area contributed by atoms with Crippen molar-refractivity contribution < 1.29 is 4.74 Å². The number of rotatable bonds is 5. The van der Waals surface area contributed by atoms with Gasteiger partial charge in [0.25, 0.3) is 0 Å². The van der Waals surface area contributed by atoms with E-state index in [2.05, 4.69) is 21.8 Å². The van der Waals surface area contributed by atoms with Gasteiger partial charge >= 0.3 is 0 Å². The summed E-state index contributed by atoms with van der Waals surface area (Å²) in [6.07, 6.45) is 7.57. The highest BCUT2D eigenvalue weighted by Crippen LogP contribution is 2.26. The van der Waals surface area contributed by atoms with E-state index in [1.807, 2.05) is 12.5 Å². The fourth-order valence-electron chi connectivity index (χ4n) is 2.53. The summed E-state index contributed by atoms with van der Waals surface area (Å²) in [5.74, 6) is 0.622. The van der Waals surface area contributed by atoms with Crippen molar-refractivity contribution in [2.24, 2.45) is 0 Å². The number of ether oxygens (including phenoxy) is 1. The molecule has 1 N–H and O–H groups in total. The molecule has 0 spiro atoms. The quantitative estimate of drug-likeness (QED) is 0.850. The van der Waals surface area contributed by atoms with Gasteiger partial charge in [-0.1, -0.05) is 0 Å². The highest BCUT2D eigenvalue weighted by Gasteiger charge is 2.20. The molecule has 2 unspecified atom stereocenters. The Morgan fingerprint density at radius 2 is 2.53 bits per heavy atom. The first-order valence-corrected chi connectivity index (χ1v) is 6.54. The Morgan fingerprint density at radius 3 is 3.24 bits per heavy atom. The first kappa shape index (κ1) is 12.6. The molecule has 0 saturated carbocycles. The zero-order valence-electron chi connectivity index (χ0n) is 10.9. The van der Waals surface area contributed by atoms with Crippen molar-refractivity contribution in [3.8, 4) is 0 Å². The molecule has 4 heteroatoms. The van der Waals surface area contributed by atoms with Gasteiger partial charge in [0.05, 0.1) is 6.33 Å². The van der Waals surface area contributed by atoms with Crippen LogP contribution < -0.4 is 5.32 Å². The van der Waals surface area contributed by atoms with Gasteiger partial charge in [-0.15, -0.1) is 0 Å². The molecule has 1 aliphatic heterocycles. The zero-order valence-corrected chi connectivity index (χ0v) is 10.9. The summed E-state index contributed by atoms with van der Waals surface area (Å²) >= 11 is 0. The Kier molecular flexibility index (Phi) is 4.57. The molecule has 4 nitrogen and oxygen atoms in total. The summed E-state index contributed by atoms with van der Waals surface area (Å²) in [7, 11) is 1.76. The van der Waals surface area contributed by atoms with Crippen molar-refractivity contribution in [1.82, 2.24) is 14.9 Å². The Bertz CT molecular complexity index is 331. The molecule has 17 heavy (non-hydrogen) atoms. The minimum absolute atomic E-state index is 0.467. The van der Waals surface area contributed by atoms with Crippen LogP contribution in [0, 0.1) is 0 Å². The van der Waals surface area contributed by atoms with Crippen LogP contribution >= 0.6 is 0 Å². The van der Waals surface area contributed by atoms with E-state index < -0.39 is 0 Å². The number of hydrogen-bond acceptors (Lipinski definition) is 3. The number of hydrogen-bond donors (Lipinski definition) is 1. The predicted molar refractivity (Wildman–Crippen MR) is 68.3 cm³/mol. The van der Waals surface area contributed by atoms with Crippen molar-refractivity contribution >= 4 is 0 Å². The van der Waals surface area contributed by atoms with Gasteiger partial charge in [-0.3, -0.25) is 0 Å². The maximum Gasteiger partial charge on any atom is 0.0950 e. The van der Waals surface area contributed by atoms with Crippen molar-refractivity contribution in [2.75, 3.05) is 26.8 Å². The van der Waals surface area contributed by atoms with Crippen LogP contribution in [0.3, 0.4) is 0 Å². The van der Waals surface area contributed by atoms with Crippen molar-refractivity contribution in [1.29, 1.82) is 0 Å². The molecule has 2 atom stereocenters. The highest BCUT2D eigenvalue weighted by molar-refractivity contribution is 5.09. The second-order valence-corrected chi connectivity index (χ2v) is 4.90. The van der Waals surface area contributed by atoms with Crippen molar-refractivity contribution in [3.63, 3.8) is 0 Å². The zero-order chi connectivity index (χ0) is 12.1. The van der Waals surface area contributed by atoms with E-state index in [1.165, 1.54) is 18.5 Å². The average Bonchev–Trinajstić information content (AvgIpc) is 2.86. The van der Waals surface area contributed by atoms with Gasteiger partial charge in [0, 0.05) is 44.1 Å². The SMILES string of the molecule is COCCC(C)n1cncc1C1CCCNC1. The van der Waals surface area contributed by atoms with Gasteiger partial charge in [0.2, 0.25) is 0 Å². The number of imidazole rings is 1. The molecule has 0 amide bonds. The molecule has 0 radical (unpaired) electrons. The van der Waals surface area contributed by atoms with Gasteiger partial charge in [0.1, 0.15) is 0 Å². The molecule has 0 aromatic carbocycles. The first-order chi connectivity index (χ1) is 8.33. The lowest BCUT2D eigenvalue weighted by Crippen LogP contribution is -2.30. The van der Waals surface area contributed by atoms with Gasteiger partial charge < -0.3 is 14.6 Å². The molecule has 2 rings (SSSR count). The second kappa shape index (κ2) is 6.17. The van der Waals surface area contributed by atoms with Crippen LogP contribution in [-0.4, -0.2) is 36.4 Å². The maximum absolute atomic E-state index is 5.15. The number of methoxy groups -OCH3 is 1. The van der Waals surface area contributed by atoms with Gasteiger partial charge in [-0.25, -0.2) is 4.98 Å². The van der Waals surface area contributed by atoms with Crippen LogP contribution in [0.4, 0.5) is 0 Å². The van der Waals surface area contributed by atoms with Crippen LogP contribution in [-0.2, 0) is 4.74 Å². The van der Waals surface area contributed by atoms with E-state index in [-0.39, 0.29) is 0 Å². The topological polar surface area (TPSA) is 39.1 Å². The Morgan fingerprint density at radius 1 is 1.65 bits per heavy atom. The fourth-order valence-corrected chi connectivity index (χ4v) is 2.53. The van der Waals surface area contributed by atoms with E-state index >= 15 is 0 Å². The van der Waals surface area contributed by atoms with Crippen LogP contribution in [0.15, 0.2) is 12.5 Å². The normalized spacial score (nSPS) is 22.6. The summed E-state index contributed by atoms with van der Waals surface area (Å²) in [5, 5.41) is 3.47. The van der Waals surface area contributed by atoms with Crippen molar-refractivity contribution in [2.45, 2.75) is 38.1 Å². The molecule has 0 bridgehead atoms. The molecule has 1 saturated heterocycles. The van der Waals surface area contributed by atoms with E-state index in [4.69, 9.17) is 4.74 Å². The third-order valence-corrected chi connectivity index (χ3v) is 3.63. The smallest absolute Gasteiger partial charge is 0.0950 e. The highest BCUT2D eigenvalue weighted by atomic mass is 16.5. The summed E-state index contributed by atoms with van der Waals surface area (Å²) in [6, 6.07) is 0.467. The second-order valence-electron chi connectivity index (χ2n) is 4.90. The Labute approximate surface area is 103 Å². The van der Waals surface area contributed by atoms with Crippen LogP contribution in [0.2, 0.25) is 0 Å². The standard InChI is InChI=1S/C13H23N3O/c1-11(5-7-17-2)16-10-15-9-13(16)12-4-3-6-14-8-12/h9-12,14H,3-8H2,1-2H3. The van der Waals surface area contributed by atoms with Gasteiger partial charge in [0.15, 0.2) is 0 Å². The molecule has 1 aliphatic rings. The molecule has 0 aliphatic carbocycles. The number of nitrogens with zero attached hydrogens (tertiary/aromatic N) is 2. The van der Waals surface area contributed by atoms with E-state index in [0.29, 0.717) is 12.0 Å². The molecule has 2 heterocycles. The summed E-state index contributed by atoms with van der Waals surface area (Å²) < 4.78 is 7.47. The predicted octanol–water partition coefficient (Wildman–Crippen LogP) is 1.95. The molecule has 1 fully saturated rings. The maximum atomic E-state index is 5.15. The van der Waals surface area contributed by atoms with Gasteiger partial charge in [-0.05, 0) is 32.7 Å². The van der Waals surface area contributed by atoms with E-state index in [0.717, 1.165) is 26.1 Å². The summed E-state index contributed by atoms with van der Waals surface area (Å²) in [4.78, 5) is 4.32. The number of nitrogens with one attached hydrogen (secondary N) is 1. The lowest BCUT2D eigenvalue weighted by Gasteiger charge is -2.26. The Hall–Kier alpha value is -0.870. The lowest BCUT2D eigenvalue weighted by molar-refractivity contribution is 0.180. The number of piperidine rings is 1. The van der Waals surface area contributed by atoms with Crippen LogP contribution in [0.1, 0.15) is 43.8 Å². The molecule has 96 valence electrons. The third kappa shape index (κ3) is 3.07. The monoisotopic (exact) mass is 237 g/mol. The lowest BCUT2D eigenvalue weighted by atomic mass is 9.96. The minimum atomic E-state index is 0.467. The third-order valence-electron chi connectivity index (χ3n) is 3.63. The molecule has 1 aromatic heterocycles. The Balaban J connectivity index is 2.04. The largest absolute Gasteiger partial charge is 0.385 e. The number of aromatic nitrogens is 2. The van der Waals surface area contributed by atoms with E-state index in [1.54, 1.807) is 7.11 Å². The molecular formula is C13H23N3O. The minimum Gasteiger partial charge on any atom is -0.385 e. The molecule has 1 aromatic rings. The van der Waals surface area contributed by atoms with Crippen molar-refractivity contribution in [3.05, 3.63) is 18.2 Å². The van der Waals surface area contributed by atoms with Crippen LogP contribution in [0.25, 0.3) is 0 Å². The molecular weight excluding hydrogens is 214 g/mol. The summed E-state index contributed by atoms with van der Waals surface area (Å²) in [5.41, 5.74) is 1.38. The van der Waals surface area contributed by atoms with Gasteiger partial charge in [-0.2, -0.15) is 0 Å². The fraction of sp³-hybridized carbons (Fsp3) is 0.769. The average molecular weight is 237 g/mol.